The Kier molecular flexibility index (Phi) is 7.87. The lowest BCUT2D eigenvalue weighted by molar-refractivity contribution is -0.384. The quantitative estimate of drug-likeness (QED) is 0.411. The fourth-order valence-corrected chi connectivity index (χ4v) is 1.82. The molecule has 0 bridgehead atoms. The first-order valence-corrected chi connectivity index (χ1v) is 6.99. The number of urea groups is 1. The predicted octanol–water partition coefficient (Wildman–Crippen LogP) is 1.68. The van der Waals surface area contributed by atoms with E-state index in [-0.39, 0.29) is 11.7 Å². The molecule has 1 rings (SSSR count). The number of benzene rings is 1. The monoisotopic (exact) mass is 310 g/mol. The molecule has 8 nitrogen and oxygen atoms in total. The summed E-state index contributed by atoms with van der Waals surface area (Å²) in [5.41, 5.74) is 0.329. The molecular weight excluding hydrogens is 288 g/mol. The van der Waals surface area contributed by atoms with Crippen molar-refractivity contribution in [3.63, 3.8) is 0 Å². The van der Waals surface area contributed by atoms with Gasteiger partial charge in [-0.15, -0.1) is 0 Å². The molecule has 8 heteroatoms. The number of hydrogen-bond donors (Lipinski definition) is 2. The number of ether oxygens (including phenoxy) is 1. The minimum Gasteiger partial charge on any atom is -0.385 e. The molecule has 2 amide bonds. The number of non-ortho nitro benzene ring substituents is 1. The van der Waals surface area contributed by atoms with Gasteiger partial charge < -0.3 is 20.3 Å². The molecule has 0 radical (unpaired) electrons. The summed E-state index contributed by atoms with van der Waals surface area (Å²) in [6.45, 7) is 2.81. The van der Waals surface area contributed by atoms with E-state index in [0.29, 0.717) is 25.4 Å². The number of methoxy groups -OCH3 is 1. The van der Waals surface area contributed by atoms with Gasteiger partial charge in [0.25, 0.3) is 5.69 Å². The number of carbonyl (C=O) groups excluding carboxylic acids is 1. The van der Waals surface area contributed by atoms with Gasteiger partial charge in [0.15, 0.2) is 0 Å². The Morgan fingerprint density at radius 2 is 2.18 bits per heavy atom. The fourth-order valence-electron chi connectivity index (χ4n) is 1.82. The maximum Gasteiger partial charge on any atom is 0.319 e. The van der Waals surface area contributed by atoms with Gasteiger partial charge in [0.05, 0.1) is 4.92 Å². The number of carbonyl (C=O) groups is 1. The van der Waals surface area contributed by atoms with E-state index in [1.54, 1.807) is 13.2 Å². The normalized spacial score (nSPS) is 10.5. The van der Waals surface area contributed by atoms with E-state index in [9.17, 15) is 14.9 Å². The number of nitrogens with one attached hydrogen (secondary N) is 2. The largest absolute Gasteiger partial charge is 0.385 e. The first-order valence-electron chi connectivity index (χ1n) is 6.99. The Morgan fingerprint density at radius 1 is 1.41 bits per heavy atom. The van der Waals surface area contributed by atoms with Crippen LogP contribution in [0.2, 0.25) is 0 Å². The van der Waals surface area contributed by atoms with Gasteiger partial charge in [-0.25, -0.2) is 4.79 Å². The number of hydrogen-bond acceptors (Lipinski definition) is 5. The van der Waals surface area contributed by atoms with Crippen LogP contribution in [0.5, 0.6) is 0 Å². The lowest BCUT2D eigenvalue weighted by Gasteiger charge is -2.16. The number of nitrogens with zero attached hydrogens (tertiary/aromatic N) is 2. The van der Waals surface area contributed by atoms with Crippen LogP contribution in [0.4, 0.5) is 16.2 Å². The lowest BCUT2D eigenvalue weighted by Crippen LogP contribution is -2.36. The molecule has 0 aliphatic heterocycles. The van der Waals surface area contributed by atoms with E-state index >= 15 is 0 Å². The third-order valence-corrected chi connectivity index (χ3v) is 2.98. The Hall–Kier alpha value is -2.19. The lowest BCUT2D eigenvalue weighted by atomic mass is 10.3. The van der Waals surface area contributed by atoms with E-state index in [0.717, 1.165) is 13.0 Å². The Balaban J connectivity index is 2.29. The zero-order valence-electron chi connectivity index (χ0n) is 12.9. The van der Waals surface area contributed by atoms with Crippen molar-refractivity contribution in [2.75, 3.05) is 45.7 Å². The molecule has 0 unspecified atom stereocenters. The summed E-state index contributed by atoms with van der Waals surface area (Å²) >= 11 is 0. The molecule has 0 saturated carbocycles. The van der Waals surface area contributed by atoms with Crippen LogP contribution in [0.3, 0.4) is 0 Å². The second kappa shape index (κ2) is 9.69. The average Bonchev–Trinajstić information content (AvgIpc) is 2.47. The van der Waals surface area contributed by atoms with Gasteiger partial charge in [0.1, 0.15) is 0 Å². The van der Waals surface area contributed by atoms with Crippen LogP contribution < -0.4 is 10.6 Å². The van der Waals surface area contributed by atoms with Crippen molar-refractivity contribution < 1.29 is 14.5 Å². The maximum atomic E-state index is 11.7. The summed E-state index contributed by atoms with van der Waals surface area (Å²) in [7, 11) is 3.63. The fraction of sp³-hybridized carbons (Fsp3) is 0.500. The van der Waals surface area contributed by atoms with Crippen LogP contribution in [-0.4, -0.2) is 56.3 Å². The van der Waals surface area contributed by atoms with Gasteiger partial charge in [-0.3, -0.25) is 10.1 Å². The van der Waals surface area contributed by atoms with Crippen LogP contribution in [0, 0.1) is 10.1 Å². The minimum absolute atomic E-state index is 0.0596. The predicted molar refractivity (Wildman–Crippen MR) is 84.1 cm³/mol. The van der Waals surface area contributed by atoms with Crippen molar-refractivity contribution in [2.45, 2.75) is 6.42 Å². The molecule has 0 saturated heterocycles. The molecule has 122 valence electrons. The molecule has 0 aliphatic carbocycles. The Bertz CT molecular complexity index is 495. The van der Waals surface area contributed by atoms with Gasteiger partial charge in [-0.1, -0.05) is 6.07 Å². The third kappa shape index (κ3) is 7.00. The molecular formula is C14H22N4O4. The summed E-state index contributed by atoms with van der Waals surface area (Å²) in [4.78, 5) is 23.9. The number of likely N-dealkylation sites (N-methyl/N-ethyl adjacent to an activating group) is 1. The minimum atomic E-state index is -0.502. The van der Waals surface area contributed by atoms with E-state index in [1.165, 1.54) is 18.2 Å². The van der Waals surface area contributed by atoms with E-state index in [1.807, 2.05) is 7.05 Å². The van der Waals surface area contributed by atoms with E-state index in [4.69, 9.17) is 4.74 Å². The molecule has 0 aliphatic rings. The Labute approximate surface area is 129 Å². The van der Waals surface area contributed by atoms with Crippen molar-refractivity contribution in [2.24, 2.45) is 0 Å². The zero-order valence-corrected chi connectivity index (χ0v) is 12.9. The second-order valence-corrected chi connectivity index (χ2v) is 4.84. The maximum absolute atomic E-state index is 11.7. The van der Waals surface area contributed by atoms with Crippen LogP contribution >= 0.6 is 0 Å². The Morgan fingerprint density at radius 3 is 2.86 bits per heavy atom. The standard InChI is InChI=1S/C14H22N4O4/c1-17(8-4-10-22-2)9-7-15-14(19)16-12-5-3-6-13(11-12)18(20)21/h3,5-6,11H,4,7-10H2,1-2H3,(H2,15,16,19). The van der Waals surface area contributed by atoms with Crippen molar-refractivity contribution in [1.82, 2.24) is 10.2 Å². The highest BCUT2D eigenvalue weighted by Crippen LogP contribution is 2.16. The number of nitro benzene ring substituents is 1. The van der Waals surface area contributed by atoms with Crippen LogP contribution in [0.25, 0.3) is 0 Å². The highest BCUT2D eigenvalue weighted by atomic mass is 16.6. The first-order chi connectivity index (χ1) is 10.5. The molecule has 0 spiro atoms. The highest BCUT2D eigenvalue weighted by molar-refractivity contribution is 5.89. The van der Waals surface area contributed by atoms with Crippen molar-refractivity contribution in [3.8, 4) is 0 Å². The third-order valence-electron chi connectivity index (χ3n) is 2.98. The molecule has 0 atom stereocenters. The zero-order chi connectivity index (χ0) is 16.4. The molecule has 22 heavy (non-hydrogen) atoms. The van der Waals surface area contributed by atoms with Gasteiger partial charge in [-0.05, 0) is 19.5 Å². The number of nitro groups is 1. The number of amides is 2. The highest BCUT2D eigenvalue weighted by Gasteiger charge is 2.08. The topological polar surface area (TPSA) is 96.7 Å². The smallest absolute Gasteiger partial charge is 0.319 e. The van der Waals surface area contributed by atoms with Crippen molar-refractivity contribution >= 4 is 17.4 Å². The van der Waals surface area contributed by atoms with Gasteiger partial charge in [0.2, 0.25) is 0 Å². The first kappa shape index (κ1) is 17.9. The molecule has 1 aromatic carbocycles. The summed E-state index contributed by atoms with van der Waals surface area (Å²) in [6, 6.07) is 5.43. The second-order valence-electron chi connectivity index (χ2n) is 4.84. The van der Waals surface area contributed by atoms with Gasteiger partial charge in [-0.2, -0.15) is 0 Å². The number of rotatable bonds is 9. The van der Waals surface area contributed by atoms with Crippen LogP contribution in [0.1, 0.15) is 6.42 Å². The van der Waals surface area contributed by atoms with E-state index in [2.05, 4.69) is 15.5 Å². The van der Waals surface area contributed by atoms with Crippen molar-refractivity contribution in [3.05, 3.63) is 34.4 Å². The molecule has 1 aromatic rings. The molecule has 0 heterocycles. The molecule has 0 fully saturated rings. The SMILES string of the molecule is COCCCN(C)CCNC(=O)Nc1cccc([N+](=O)[O-])c1. The van der Waals surface area contributed by atoms with Crippen LogP contribution in [0.15, 0.2) is 24.3 Å². The summed E-state index contributed by atoms with van der Waals surface area (Å²) in [6.07, 6.45) is 0.937. The van der Waals surface area contributed by atoms with E-state index < -0.39 is 4.92 Å². The molecule has 2 N–H and O–H groups in total. The van der Waals surface area contributed by atoms with Gasteiger partial charge in [0, 0.05) is 51.2 Å². The van der Waals surface area contributed by atoms with Crippen LogP contribution in [-0.2, 0) is 4.74 Å². The number of anilines is 1. The van der Waals surface area contributed by atoms with Gasteiger partial charge >= 0.3 is 6.03 Å². The summed E-state index contributed by atoms with van der Waals surface area (Å²) in [5.74, 6) is 0. The summed E-state index contributed by atoms with van der Waals surface area (Å²) in [5, 5.41) is 15.9. The van der Waals surface area contributed by atoms with Crippen molar-refractivity contribution in [1.29, 1.82) is 0 Å². The summed E-state index contributed by atoms with van der Waals surface area (Å²) < 4.78 is 4.97. The molecule has 0 aromatic heterocycles. The average molecular weight is 310 g/mol.